The van der Waals surface area contributed by atoms with Crippen LogP contribution in [0.25, 0.3) is 0 Å². The minimum atomic E-state index is -4.47. The van der Waals surface area contributed by atoms with Gasteiger partial charge in [0.05, 0.1) is 11.1 Å². The van der Waals surface area contributed by atoms with Crippen LogP contribution in [0, 0.1) is 5.82 Å². The fourth-order valence-corrected chi connectivity index (χ4v) is 4.37. The number of hydrogen-bond donors (Lipinski definition) is 1. The number of carbonyl (C=O) groups is 1. The van der Waals surface area contributed by atoms with Gasteiger partial charge in [-0.15, -0.1) is 0 Å². The monoisotopic (exact) mass is 503 g/mol. The molecular weight excluding hydrogens is 481 g/mol. The number of rotatable bonds is 7. The fraction of sp³-hybridized carbons (Fsp3) is 0.458. The minimum absolute atomic E-state index is 0.00897. The highest BCUT2D eigenvalue weighted by Crippen LogP contribution is 2.45. The maximum atomic E-state index is 15.4. The molecule has 4 nitrogen and oxygen atoms in total. The first-order valence-electron chi connectivity index (χ1n) is 10.9. The number of aromatic carboxylic acids is 1. The Labute approximate surface area is 198 Å². The highest BCUT2D eigenvalue weighted by atomic mass is 35.5. The molecule has 0 spiro atoms. The molecule has 1 N–H and O–H groups in total. The smallest absolute Gasteiger partial charge is 0.416 e. The summed E-state index contributed by atoms with van der Waals surface area (Å²) in [7, 11) is 0. The fourth-order valence-electron chi connectivity index (χ4n) is 4.13. The van der Waals surface area contributed by atoms with E-state index in [4.69, 9.17) is 21.4 Å². The Hall–Kier alpha value is -2.39. The second-order valence-corrected chi connectivity index (χ2v) is 9.38. The predicted molar refractivity (Wildman–Crippen MR) is 116 cm³/mol. The third-order valence-electron chi connectivity index (χ3n) is 6.36. The van der Waals surface area contributed by atoms with E-state index in [1.54, 1.807) is 0 Å². The van der Waals surface area contributed by atoms with Crippen molar-refractivity contribution in [3.8, 4) is 5.75 Å². The van der Waals surface area contributed by atoms with Gasteiger partial charge in [0.2, 0.25) is 0 Å². The number of halogens is 6. The molecule has 0 aromatic heterocycles. The van der Waals surface area contributed by atoms with Gasteiger partial charge in [0, 0.05) is 30.7 Å². The molecule has 2 aromatic rings. The van der Waals surface area contributed by atoms with E-state index in [1.807, 2.05) is 4.90 Å². The van der Waals surface area contributed by atoms with Crippen LogP contribution in [-0.2, 0) is 12.7 Å². The molecule has 1 aliphatic carbocycles. The van der Waals surface area contributed by atoms with E-state index < -0.39 is 34.8 Å². The first-order valence-corrected chi connectivity index (χ1v) is 11.3. The molecule has 2 aliphatic rings. The Morgan fingerprint density at radius 1 is 1.18 bits per heavy atom. The third kappa shape index (κ3) is 5.63. The molecule has 0 radical (unpaired) electrons. The van der Waals surface area contributed by atoms with Crippen molar-refractivity contribution in [2.45, 2.75) is 50.0 Å². The van der Waals surface area contributed by atoms with Crippen LogP contribution in [-0.4, -0.2) is 41.3 Å². The van der Waals surface area contributed by atoms with Gasteiger partial charge in [0.25, 0.3) is 0 Å². The Kier molecular flexibility index (Phi) is 6.79. The number of nitrogens with zero attached hydrogens (tertiary/aromatic N) is 1. The van der Waals surface area contributed by atoms with Crippen molar-refractivity contribution in [2.75, 3.05) is 19.7 Å². The third-order valence-corrected chi connectivity index (χ3v) is 6.71. The lowest BCUT2D eigenvalue weighted by Gasteiger charge is -2.36. The quantitative estimate of drug-likeness (QED) is 0.441. The van der Waals surface area contributed by atoms with Gasteiger partial charge in [-0.1, -0.05) is 17.7 Å². The maximum absolute atomic E-state index is 15.4. The van der Waals surface area contributed by atoms with E-state index in [9.17, 15) is 22.4 Å². The van der Waals surface area contributed by atoms with Crippen molar-refractivity contribution in [1.82, 2.24) is 4.90 Å². The summed E-state index contributed by atoms with van der Waals surface area (Å²) in [5, 5.41) is 9.16. The zero-order chi connectivity index (χ0) is 24.7. The van der Waals surface area contributed by atoms with Gasteiger partial charge in [0.15, 0.2) is 0 Å². The van der Waals surface area contributed by atoms with Crippen molar-refractivity contribution in [3.05, 3.63) is 63.4 Å². The first kappa shape index (κ1) is 24.7. The molecule has 0 atom stereocenters. The van der Waals surface area contributed by atoms with E-state index in [2.05, 4.69) is 0 Å². The largest absolute Gasteiger partial charge is 0.490 e. The molecule has 0 amide bonds. The normalized spacial score (nSPS) is 18.6. The number of piperidine rings is 1. The molecule has 2 aromatic carbocycles. The molecule has 2 fully saturated rings. The predicted octanol–water partition coefficient (Wildman–Crippen LogP) is 6.46. The number of ether oxygens (including phenoxy) is 1. The number of alkyl halides is 4. The Bertz CT molecular complexity index is 1080. The maximum Gasteiger partial charge on any atom is 0.416 e. The summed E-state index contributed by atoms with van der Waals surface area (Å²) in [6.45, 7) is 0.688. The highest BCUT2D eigenvalue weighted by Gasteiger charge is 2.37. The molecule has 0 bridgehead atoms. The van der Waals surface area contributed by atoms with Gasteiger partial charge in [0.1, 0.15) is 23.8 Å². The standard InChI is InChI=1S/C24H23ClF5NO3/c25-19-9-16(24(28,29)30)4-3-15(19)12-31-7-5-23(27,6-8-31)13-34-21-11-20(26)18(22(32)33)10-17(21)14-1-2-14/h3-4,9-11,14H,1-2,5-8,12-13H2,(H,32,33). The zero-order valence-electron chi connectivity index (χ0n) is 18.1. The Morgan fingerprint density at radius 3 is 2.41 bits per heavy atom. The van der Waals surface area contributed by atoms with Gasteiger partial charge >= 0.3 is 12.1 Å². The van der Waals surface area contributed by atoms with Crippen molar-refractivity contribution in [2.24, 2.45) is 0 Å². The Morgan fingerprint density at radius 2 is 1.85 bits per heavy atom. The van der Waals surface area contributed by atoms with Gasteiger partial charge in [-0.3, -0.25) is 4.90 Å². The first-order chi connectivity index (χ1) is 15.9. The van der Waals surface area contributed by atoms with Gasteiger partial charge in [-0.25, -0.2) is 13.6 Å². The van der Waals surface area contributed by atoms with Gasteiger partial charge in [-0.2, -0.15) is 13.2 Å². The molecule has 1 heterocycles. The summed E-state index contributed by atoms with van der Waals surface area (Å²) in [5.74, 6) is -2.04. The molecule has 1 saturated heterocycles. The zero-order valence-corrected chi connectivity index (χ0v) is 18.9. The molecular formula is C24H23ClF5NO3. The van der Waals surface area contributed by atoms with Crippen LogP contribution in [0.4, 0.5) is 22.0 Å². The summed E-state index contributed by atoms with van der Waals surface area (Å²) < 4.78 is 73.7. The van der Waals surface area contributed by atoms with E-state index >= 15 is 4.39 Å². The van der Waals surface area contributed by atoms with Crippen LogP contribution in [0.5, 0.6) is 5.75 Å². The number of carboxylic acid groups (broad SMARTS) is 1. The lowest BCUT2D eigenvalue weighted by molar-refractivity contribution is -0.137. The summed E-state index contributed by atoms with van der Waals surface area (Å²) in [6.07, 6.45) is -2.55. The SMILES string of the molecule is O=C(O)c1cc(C2CC2)c(OCC2(F)CCN(Cc3ccc(C(F)(F)F)cc3Cl)CC2)cc1F. The van der Waals surface area contributed by atoms with Crippen LogP contribution in [0.15, 0.2) is 30.3 Å². The van der Waals surface area contributed by atoms with Crippen LogP contribution in [0.2, 0.25) is 5.02 Å². The summed E-state index contributed by atoms with van der Waals surface area (Å²) in [4.78, 5) is 13.1. The molecule has 0 unspecified atom stereocenters. The van der Waals surface area contributed by atoms with E-state index in [0.717, 1.165) is 31.0 Å². The topological polar surface area (TPSA) is 49.8 Å². The molecule has 4 rings (SSSR count). The number of hydrogen-bond acceptors (Lipinski definition) is 3. The Balaban J connectivity index is 1.36. The van der Waals surface area contributed by atoms with Crippen LogP contribution in [0.1, 0.15) is 58.6 Å². The minimum Gasteiger partial charge on any atom is -0.490 e. The molecule has 10 heteroatoms. The van der Waals surface area contributed by atoms with Crippen molar-refractivity contribution >= 4 is 17.6 Å². The molecule has 1 aliphatic heterocycles. The summed E-state index contributed by atoms with van der Waals surface area (Å²) >= 11 is 6.03. The van der Waals surface area contributed by atoms with Gasteiger partial charge in [-0.05, 0) is 60.9 Å². The van der Waals surface area contributed by atoms with E-state index in [-0.39, 0.29) is 36.1 Å². The van der Waals surface area contributed by atoms with E-state index in [0.29, 0.717) is 30.8 Å². The number of carboxylic acids is 1. The van der Waals surface area contributed by atoms with Gasteiger partial charge < -0.3 is 9.84 Å². The summed E-state index contributed by atoms with van der Waals surface area (Å²) in [5.41, 5.74) is -1.81. The second kappa shape index (κ2) is 9.34. The van der Waals surface area contributed by atoms with Crippen LogP contribution < -0.4 is 4.74 Å². The lowest BCUT2D eigenvalue weighted by atomic mass is 9.93. The van der Waals surface area contributed by atoms with Crippen molar-refractivity contribution in [3.63, 3.8) is 0 Å². The molecule has 184 valence electrons. The molecule has 34 heavy (non-hydrogen) atoms. The number of likely N-dealkylation sites (tertiary alicyclic amines) is 1. The lowest BCUT2D eigenvalue weighted by Crippen LogP contribution is -2.44. The highest BCUT2D eigenvalue weighted by molar-refractivity contribution is 6.31. The second-order valence-electron chi connectivity index (χ2n) is 8.97. The van der Waals surface area contributed by atoms with E-state index in [1.165, 1.54) is 12.1 Å². The van der Waals surface area contributed by atoms with Crippen molar-refractivity contribution < 1.29 is 36.6 Å². The average molecular weight is 504 g/mol. The number of benzene rings is 2. The molecule has 1 saturated carbocycles. The van der Waals surface area contributed by atoms with Crippen LogP contribution in [0.3, 0.4) is 0 Å². The van der Waals surface area contributed by atoms with Crippen LogP contribution >= 0.6 is 11.6 Å². The van der Waals surface area contributed by atoms with Crippen molar-refractivity contribution in [1.29, 1.82) is 0 Å². The summed E-state index contributed by atoms with van der Waals surface area (Å²) in [6, 6.07) is 5.49. The average Bonchev–Trinajstić information content (AvgIpc) is 3.60.